The molecule has 2 N–H and O–H groups in total. The number of fused-ring (bicyclic) bond motifs is 1. The van der Waals surface area contributed by atoms with Crippen LogP contribution in [0.15, 0.2) is 28.7 Å². The summed E-state index contributed by atoms with van der Waals surface area (Å²) in [6.07, 6.45) is 3.25. The number of piperidine rings is 1. The van der Waals surface area contributed by atoms with Crippen LogP contribution in [0.25, 0.3) is 5.65 Å². The number of furan rings is 1. The second kappa shape index (κ2) is 6.52. The third-order valence-corrected chi connectivity index (χ3v) is 4.97. The summed E-state index contributed by atoms with van der Waals surface area (Å²) in [7, 11) is 0. The second-order valence-electron chi connectivity index (χ2n) is 6.96. The van der Waals surface area contributed by atoms with Crippen molar-refractivity contribution in [3.8, 4) is 0 Å². The van der Waals surface area contributed by atoms with Crippen LogP contribution in [0.1, 0.15) is 48.6 Å². The van der Waals surface area contributed by atoms with E-state index < -0.39 is 0 Å². The van der Waals surface area contributed by atoms with Crippen molar-refractivity contribution in [1.29, 1.82) is 0 Å². The van der Waals surface area contributed by atoms with Crippen molar-refractivity contribution in [2.45, 2.75) is 45.6 Å². The molecule has 4 heterocycles. The number of aromatic nitrogens is 3. The zero-order chi connectivity index (χ0) is 17.4. The Kier molecular flexibility index (Phi) is 4.21. The van der Waals surface area contributed by atoms with Crippen molar-refractivity contribution in [3.63, 3.8) is 0 Å². The molecule has 4 rings (SSSR count). The first-order chi connectivity index (χ1) is 12.1. The predicted molar refractivity (Wildman–Crippen MR) is 97.5 cm³/mol. The third-order valence-electron chi connectivity index (χ3n) is 4.97. The second-order valence-corrected chi connectivity index (χ2v) is 6.96. The van der Waals surface area contributed by atoms with E-state index >= 15 is 0 Å². The van der Waals surface area contributed by atoms with Gasteiger partial charge in [-0.25, -0.2) is 4.98 Å². The van der Waals surface area contributed by atoms with Crippen molar-refractivity contribution in [2.75, 3.05) is 18.8 Å². The summed E-state index contributed by atoms with van der Waals surface area (Å²) in [6.45, 7) is 7.02. The van der Waals surface area contributed by atoms with Crippen LogP contribution in [0, 0.1) is 6.92 Å². The third kappa shape index (κ3) is 3.26. The molecule has 132 valence electrons. The molecule has 0 unspecified atom stereocenters. The van der Waals surface area contributed by atoms with Crippen LogP contribution in [-0.4, -0.2) is 32.6 Å². The van der Waals surface area contributed by atoms with Gasteiger partial charge < -0.3 is 10.2 Å². The Morgan fingerprint density at radius 3 is 2.92 bits per heavy atom. The van der Waals surface area contributed by atoms with Crippen LogP contribution in [0.4, 0.5) is 5.82 Å². The highest BCUT2D eigenvalue weighted by molar-refractivity contribution is 5.48. The first kappa shape index (κ1) is 16.1. The average Bonchev–Trinajstić information content (AvgIpc) is 3.21. The van der Waals surface area contributed by atoms with Crippen molar-refractivity contribution in [1.82, 2.24) is 19.5 Å². The van der Waals surface area contributed by atoms with Gasteiger partial charge in [0.1, 0.15) is 17.3 Å². The molecule has 1 saturated heterocycles. The first-order valence-corrected chi connectivity index (χ1v) is 9.05. The van der Waals surface area contributed by atoms with Gasteiger partial charge in [0.2, 0.25) is 0 Å². The molecule has 0 saturated carbocycles. The Morgan fingerprint density at radius 1 is 1.28 bits per heavy atom. The van der Waals surface area contributed by atoms with Crippen LogP contribution in [0.5, 0.6) is 0 Å². The molecule has 6 heteroatoms. The topological polar surface area (TPSA) is 72.6 Å². The van der Waals surface area contributed by atoms with Gasteiger partial charge >= 0.3 is 0 Å². The average molecular weight is 339 g/mol. The monoisotopic (exact) mass is 339 g/mol. The molecular weight excluding hydrogens is 314 g/mol. The van der Waals surface area contributed by atoms with Crippen LogP contribution in [0.2, 0.25) is 0 Å². The minimum atomic E-state index is 0.400. The lowest BCUT2D eigenvalue weighted by Gasteiger charge is -2.31. The van der Waals surface area contributed by atoms with E-state index in [1.807, 2.05) is 19.1 Å². The van der Waals surface area contributed by atoms with E-state index in [0.29, 0.717) is 11.7 Å². The number of hydrogen-bond acceptors (Lipinski definition) is 5. The van der Waals surface area contributed by atoms with E-state index in [9.17, 15) is 0 Å². The highest BCUT2D eigenvalue weighted by atomic mass is 16.3. The summed E-state index contributed by atoms with van der Waals surface area (Å²) in [4.78, 5) is 7.26. The normalized spacial score (nSPS) is 18.9. The van der Waals surface area contributed by atoms with E-state index in [1.165, 1.54) is 0 Å². The fourth-order valence-electron chi connectivity index (χ4n) is 3.70. The van der Waals surface area contributed by atoms with E-state index in [1.54, 1.807) is 4.52 Å². The predicted octanol–water partition coefficient (Wildman–Crippen LogP) is 3.15. The lowest BCUT2D eigenvalue weighted by Crippen LogP contribution is -2.34. The van der Waals surface area contributed by atoms with Crippen molar-refractivity contribution < 1.29 is 4.42 Å². The van der Waals surface area contributed by atoms with Gasteiger partial charge in [-0.1, -0.05) is 6.92 Å². The zero-order valence-corrected chi connectivity index (χ0v) is 14.9. The van der Waals surface area contributed by atoms with E-state index in [-0.39, 0.29) is 0 Å². The number of likely N-dealkylation sites (tertiary alicyclic amines) is 1. The molecule has 1 aliphatic rings. The lowest BCUT2D eigenvalue weighted by atomic mass is 9.94. The van der Waals surface area contributed by atoms with E-state index in [0.717, 1.165) is 67.5 Å². The summed E-state index contributed by atoms with van der Waals surface area (Å²) in [5.74, 6) is 3.16. The van der Waals surface area contributed by atoms with Crippen LogP contribution in [-0.2, 0) is 13.0 Å². The number of rotatable bonds is 4. The Hall–Kier alpha value is -2.34. The standard InChI is InChI=1S/C19H25N5O/c1-3-15-6-7-16(25-15)12-23-8-4-5-14(11-23)17-10-18(20)24-19(21-17)9-13(2)22-24/h6-7,9-10,14H,3-5,8,11-12,20H2,1-2H3/t14-/m1/s1. The van der Waals surface area contributed by atoms with Gasteiger partial charge in [0.25, 0.3) is 0 Å². The number of nitrogens with zero attached hydrogens (tertiary/aromatic N) is 4. The number of nitrogens with two attached hydrogens (primary N) is 1. The Bertz CT molecular complexity index is 881. The molecule has 0 bridgehead atoms. The van der Waals surface area contributed by atoms with Crippen molar-refractivity contribution in [3.05, 3.63) is 47.2 Å². The van der Waals surface area contributed by atoms with Crippen molar-refractivity contribution in [2.24, 2.45) is 0 Å². The molecular formula is C19H25N5O. The molecule has 1 fully saturated rings. The van der Waals surface area contributed by atoms with Gasteiger partial charge in [0, 0.05) is 31.0 Å². The molecule has 0 amide bonds. The van der Waals surface area contributed by atoms with Gasteiger partial charge in [-0.2, -0.15) is 9.61 Å². The molecule has 6 nitrogen and oxygen atoms in total. The zero-order valence-electron chi connectivity index (χ0n) is 14.9. The lowest BCUT2D eigenvalue weighted by molar-refractivity contribution is 0.184. The highest BCUT2D eigenvalue weighted by Crippen LogP contribution is 2.28. The molecule has 1 aliphatic heterocycles. The smallest absolute Gasteiger partial charge is 0.157 e. The molecule has 1 atom stereocenters. The summed E-state index contributed by atoms with van der Waals surface area (Å²) >= 11 is 0. The maximum atomic E-state index is 6.19. The Labute approximate surface area is 147 Å². The number of anilines is 1. The fraction of sp³-hybridized carbons (Fsp3) is 0.474. The summed E-state index contributed by atoms with van der Waals surface area (Å²) in [5, 5.41) is 4.39. The van der Waals surface area contributed by atoms with Gasteiger partial charge in [-0.15, -0.1) is 0 Å². The molecule has 3 aromatic rings. The van der Waals surface area contributed by atoms with E-state index in [4.69, 9.17) is 15.1 Å². The number of nitrogen functional groups attached to an aromatic ring is 1. The minimum absolute atomic E-state index is 0.400. The maximum Gasteiger partial charge on any atom is 0.157 e. The Balaban J connectivity index is 1.52. The van der Waals surface area contributed by atoms with Gasteiger partial charge in [-0.3, -0.25) is 4.90 Å². The molecule has 0 aromatic carbocycles. The summed E-state index contributed by atoms with van der Waals surface area (Å²) < 4.78 is 7.58. The molecule has 25 heavy (non-hydrogen) atoms. The maximum absolute atomic E-state index is 6.19. The molecule has 3 aromatic heterocycles. The number of aryl methyl sites for hydroxylation is 2. The summed E-state index contributed by atoms with van der Waals surface area (Å²) in [5.41, 5.74) is 9.03. The largest absolute Gasteiger partial charge is 0.465 e. The fourth-order valence-corrected chi connectivity index (χ4v) is 3.70. The van der Waals surface area contributed by atoms with Gasteiger partial charge in [0.05, 0.1) is 17.9 Å². The van der Waals surface area contributed by atoms with Crippen LogP contribution in [0.3, 0.4) is 0 Å². The van der Waals surface area contributed by atoms with Crippen molar-refractivity contribution >= 4 is 11.5 Å². The van der Waals surface area contributed by atoms with Gasteiger partial charge in [0.15, 0.2) is 5.65 Å². The quantitative estimate of drug-likeness (QED) is 0.790. The minimum Gasteiger partial charge on any atom is -0.465 e. The van der Waals surface area contributed by atoms with Crippen LogP contribution < -0.4 is 5.73 Å². The van der Waals surface area contributed by atoms with E-state index in [2.05, 4.69) is 29.1 Å². The number of hydrogen-bond donors (Lipinski definition) is 1. The highest BCUT2D eigenvalue weighted by Gasteiger charge is 2.24. The van der Waals surface area contributed by atoms with Gasteiger partial charge in [-0.05, 0) is 38.4 Å². The van der Waals surface area contributed by atoms with Crippen LogP contribution >= 0.6 is 0 Å². The first-order valence-electron chi connectivity index (χ1n) is 9.05. The molecule has 0 aliphatic carbocycles. The summed E-state index contributed by atoms with van der Waals surface area (Å²) in [6, 6.07) is 8.14. The molecule has 0 radical (unpaired) electrons. The Morgan fingerprint density at radius 2 is 2.12 bits per heavy atom. The SMILES string of the molecule is CCc1ccc(CN2CCC[C@@H](c3cc(N)n4nc(C)cc4n3)C2)o1. The molecule has 0 spiro atoms.